The summed E-state index contributed by atoms with van der Waals surface area (Å²) in [7, 11) is 2.15. The number of nitrogens with zero attached hydrogens (tertiary/aromatic N) is 2. The second kappa shape index (κ2) is 6.90. The summed E-state index contributed by atoms with van der Waals surface area (Å²) in [6, 6.07) is 4.64. The Kier molecular flexibility index (Phi) is 5.20. The zero-order valence-corrected chi connectivity index (χ0v) is 12.2. The van der Waals surface area contributed by atoms with Crippen LogP contribution in [0.4, 0.5) is 5.82 Å². The van der Waals surface area contributed by atoms with E-state index in [1.807, 2.05) is 12.1 Å². The number of rotatable bonds is 4. The minimum atomic E-state index is 0.0982. The van der Waals surface area contributed by atoms with Crippen molar-refractivity contribution in [3.8, 4) is 0 Å². The van der Waals surface area contributed by atoms with E-state index >= 15 is 0 Å². The van der Waals surface area contributed by atoms with E-state index in [0.717, 1.165) is 23.5 Å². The highest BCUT2D eigenvalue weighted by atomic mass is 16.3. The Labute approximate surface area is 116 Å². The zero-order chi connectivity index (χ0) is 13.7. The molecule has 1 N–H and O–H groups in total. The number of anilines is 1. The maximum Gasteiger partial charge on any atom is 0.129 e. The van der Waals surface area contributed by atoms with Crippen molar-refractivity contribution in [2.75, 3.05) is 11.9 Å². The Hall–Kier alpha value is -1.09. The van der Waals surface area contributed by atoms with Gasteiger partial charge in [-0.2, -0.15) is 0 Å². The lowest BCUT2D eigenvalue weighted by molar-refractivity contribution is 0.281. The minimum absolute atomic E-state index is 0.0982. The number of aliphatic hydroxyl groups excluding tert-OH is 1. The van der Waals surface area contributed by atoms with Crippen molar-refractivity contribution in [1.82, 2.24) is 4.98 Å². The molecule has 3 nitrogen and oxygen atoms in total. The van der Waals surface area contributed by atoms with Crippen molar-refractivity contribution in [3.05, 3.63) is 23.4 Å². The van der Waals surface area contributed by atoms with Crippen LogP contribution in [0.25, 0.3) is 0 Å². The van der Waals surface area contributed by atoms with Crippen molar-refractivity contribution < 1.29 is 5.11 Å². The first-order valence-electron chi connectivity index (χ1n) is 7.58. The average Bonchev–Trinajstić information content (AvgIpc) is 2.74. The van der Waals surface area contributed by atoms with E-state index in [1.54, 1.807) is 0 Å². The van der Waals surface area contributed by atoms with Gasteiger partial charge in [-0.25, -0.2) is 4.98 Å². The third-order valence-electron chi connectivity index (χ3n) is 4.20. The molecule has 1 heterocycles. The molecule has 0 saturated heterocycles. The van der Waals surface area contributed by atoms with Crippen molar-refractivity contribution in [2.24, 2.45) is 0 Å². The van der Waals surface area contributed by atoms with E-state index in [1.165, 1.54) is 38.5 Å². The molecule has 0 radical (unpaired) electrons. The number of pyridine rings is 1. The molecular formula is C16H26N2O. The van der Waals surface area contributed by atoms with Gasteiger partial charge in [-0.3, -0.25) is 0 Å². The summed E-state index contributed by atoms with van der Waals surface area (Å²) in [5.41, 5.74) is 2.05. The summed E-state index contributed by atoms with van der Waals surface area (Å²) in [6.07, 6.45) is 8.85. The second-order valence-electron chi connectivity index (χ2n) is 5.59. The summed E-state index contributed by atoms with van der Waals surface area (Å²) >= 11 is 0. The van der Waals surface area contributed by atoms with Crippen LogP contribution in [0.3, 0.4) is 0 Å². The Morgan fingerprint density at radius 3 is 2.47 bits per heavy atom. The predicted molar refractivity (Wildman–Crippen MR) is 79.4 cm³/mol. The summed E-state index contributed by atoms with van der Waals surface area (Å²) in [4.78, 5) is 7.04. The Bertz CT molecular complexity index is 375. The van der Waals surface area contributed by atoms with Crippen molar-refractivity contribution >= 4 is 5.82 Å². The first-order chi connectivity index (χ1) is 9.24. The highest BCUT2D eigenvalue weighted by Gasteiger charge is 2.18. The average molecular weight is 262 g/mol. The minimum Gasteiger partial charge on any atom is -0.392 e. The molecule has 106 valence electrons. The summed E-state index contributed by atoms with van der Waals surface area (Å²) in [5, 5.41) is 9.37. The van der Waals surface area contributed by atoms with E-state index in [9.17, 15) is 5.11 Å². The molecule has 1 aliphatic rings. The fourth-order valence-electron chi connectivity index (χ4n) is 2.92. The highest BCUT2D eigenvalue weighted by molar-refractivity contribution is 5.43. The largest absolute Gasteiger partial charge is 0.392 e. The van der Waals surface area contributed by atoms with Crippen LogP contribution in [0.15, 0.2) is 12.1 Å². The Morgan fingerprint density at radius 2 is 1.89 bits per heavy atom. The first kappa shape index (κ1) is 14.3. The van der Waals surface area contributed by atoms with Gasteiger partial charge in [-0.15, -0.1) is 0 Å². The highest BCUT2D eigenvalue weighted by Crippen LogP contribution is 2.25. The maximum absolute atomic E-state index is 9.37. The molecule has 0 aliphatic heterocycles. The van der Waals surface area contributed by atoms with Gasteiger partial charge in [0, 0.05) is 18.8 Å². The molecule has 1 saturated carbocycles. The Balaban J connectivity index is 2.18. The predicted octanol–water partition coefficient (Wildman–Crippen LogP) is 3.30. The molecule has 0 bridgehead atoms. The van der Waals surface area contributed by atoms with E-state index in [2.05, 4.69) is 18.9 Å². The number of hydrogen-bond donors (Lipinski definition) is 1. The Morgan fingerprint density at radius 1 is 1.21 bits per heavy atom. The standard InChI is InChI=1S/C16H26N2O/c1-3-14-10-13(12-19)11-16(17-14)18(2)15-8-6-4-5-7-9-15/h10-11,15,19H,3-9,12H2,1-2H3. The molecule has 2 rings (SSSR count). The molecule has 3 heteroatoms. The lowest BCUT2D eigenvalue weighted by atomic mass is 10.1. The molecule has 0 atom stereocenters. The lowest BCUT2D eigenvalue weighted by Gasteiger charge is -2.29. The van der Waals surface area contributed by atoms with Crippen LogP contribution in [-0.2, 0) is 13.0 Å². The summed E-state index contributed by atoms with van der Waals surface area (Å²) in [6.45, 7) is 2.21. The third kappa shape index (κ3) is 3.69. The maximum atomic E-state index is 9.37. The van der Waals surface area contributed by atoms with Gasteiger partial charge in [-0.05, 0) is 37.0 Å². The van der Waals surface area contributed by atoms with Crippen LogP contribution >= 0.6 is 0 Å². The lowest BCUT2D eigenvalue weighted by Crippen LogP contribution is -2.32. The molecule has 1 fully saturated rings. The zero-order valence-electron chi connectivity index (χ0n) is 12.2. The van der Waals surface area contributed by atoms with Crippen LogP contribution in [-0.4, -0.2) is 23.2 Å². The van der Waals surface area contributed by atoms with Crippen LogP contribution in [0.2, 0.25) is 0 Å². The van der Waals surface area contributed by atoms with E-state index in [4.69, 9.17) is 4.98 Å². The van der Waals surface area contributed by atoms with E-state index in [0.29, 0.717) is 6.04 Å². The second-order valence-corrected chi connectivity index (χ2v) is 5.59. The van der Waals surface area contributed by atoms with Crippen molar-refractivity contribution in [3.63, 3.8) is 0 Å². The monoisotopic (exact) mass is 262 g/mol. The number of aliphatic hydroxyl groups is 1. The van der Waals surface area contributed by atoms with Gasteiger partial charge in [0.25, 0.3) is 0 Å². The van der Waals surface area contributed by atoms with Crippen molar-refractivity contribution in [2.45, 2.75) is 64.5 Å². The van der Waals surface area contributed by atoms with Gasteiger partial charge in [0.15, 0.2) is 0 Å². The van der Waals surface area contributed by atoms with Gasteiger partial charge in [0.05, 0.1) is 6.61 Å². The molecule has 1 aromatic heterocycles. The van der Waals surface area contributed by atoms with Gasteiger partial charge in [-0.1, -0.05) is 32.6 Å². The van der Waals surface area contributed by atoms with Crippen molar-refractivity contribution in [1.29, 1.82) is 0 Å². The molecule has 1 aliphatic carbocycles. The molecule has 0 spiro atoms. The molecule has 0 unspecified atom stereocenters. The summed E-state index contributed by atoms with van der Waals surface area (Å²) in [5.74, 6) is 1.02. The quantitative estimate of drug-likeness (QED) is 0.846. The first-order valence-corrected chi connectivity index (χ1v) is 7.58. The van der Waals surface area contributed by atoms with E-state index < -0.39 is 0 Å². The third-order valence-corrected chi connectivity index (χ3v) is 4.20. The number of hydrogen-bond acceptors (Lipinski definition) is 3. The van der Waals surface area contributed by atoms with Crippen LogP contribution in [0.1, 0.15) is 56.7 Å². The molecular weight excluding hydrogens is 236 g/mol. The smallest absolute Gasteiger partial charge is 0.129 e. The van der Waals surface area contributed by atoms with Gasteiger partial charge >= 0.3 is 0 Å². The number of aryl methyl sites for hydroxylation is 1. The van der Waals surface area contributed by atoms with Crippen LogP contribution < -0.4 is 4.90 Å². The molecule has 19 heavy (non-hydrogen) atoms. The SMILES string of the molecule is CCc1cc(CO)cc(N(C)C2CCCCCC2)n1. The molecule has 0 aromatic carbocycles. The van der Waals surface area contributed by atoms with Crippen LogP contribution in [0, 0.1) is 0 Å². The fourth-order valence-corrected chi connectivity index (χ4v) is 2.92. The van der Waals surface area contributed by atoms with Gasteiger partial charge in [0.1, 0.15) is 5.82 Å². The van der Waals surface area contributed by atoms with Crippen LogP contribution in [0.5, 0.6) is 0 Å². The molecule has 1 aromatic rings. The fraction of sp³-hybridized carbons (Fsp3) is 0.688. The van der Waals surface area contributed by atoms with Gasteiger partial charge in [0.2, 0.25) is 0 Å². The van der Waals surface area contributed by atoms with Gasteiger partial charge < -0.3 is 10.0 Å². The summed E-state index contributed by atoms with van der Waals surface area (Å²) < 4.78 is 0. The molecule has 0 amide bonds. The number of aromatic nitrogens is 1. The topological polar surface area (TPSA) is 36.4 Å². The van der Waals surface area contributed by atoms with E-state index in [-0.39, 0.29) is 6.61 Å². The normalized spacial score (nSPS) is 17.2.